The van der Waals surface area contributed by atoms with Crippen LogP contribution in [0.2, 0.25) is 5.15 Å². The number of carbonyl (C=O) groups excluding carboxylic acids is 1. The van der Waals surface area contributed by atoms with E-state index in [4.69, 9.17) is 16.3 Å². The van der Waals surface area contributed by atoms with Crippen molar-refractivity contribution in [1.82, 2.24) is 9.78 Å². The zero-order valence-corrected chi connectivity index (χ0v) is 16.9. The Morgan fingerprint density at radius 3 is 2.68 bits per heavy atom. The molecule has 0 aliphatic carbocycles. The minimum absolute atomic E-state index is 0.0193. The van der Waals surface area contributed by atoms with Gasteiger partial charge in [-0.3, -0.25) is 9.48 Å². The van der Waals surface area contributed by atoms with Crippen LogP contribution in [0.25, 0.3) is 0 Å². The summed E-state index contributed by atoms with van der Waals surface area (Å²) in [4.78, 5) is 12.6. The van der Waals surface area contributed by atoms with Crippen LogP contribution in [0.4, 0.5) is 18.9 Å². The third-order valence-electron chi connectivity index (χ3n) is 4.30. The number of carbonyl (C=O) groups is 1. The largest absolute Gasteiger partial charge is 0.490 e. The van der Waals surface area contributed by atoms with Crippen molar-refractivity contribution in [2.24, 2.45) is 7.05 Å². The Labute approximate surface area is 166 Å². The first-order valence-electron chi connectivity index (χ1n) is 8.93. The van der Waals surface area contributed by atoms with E-state index in [2.05, 4.69) is 17.3 Å². The van der Waals surface area contributed by atoms with E-state index < -0.39 is 23.3 Å². The van der Waals surface area contributed by atoms with Gasteiger partial charge in [-0.15, -0.1) is 0 Å². The van der Waals surface area contributed by atoms with Crippen LogP contribution >= 0.6 is 11.6 Å². The molecule has 154 valence electrons. The topological polar surface area (TPSA) is 56.1 Å². The van der Waals surface area contributed by atoms with Gasteiger partial charge in [0.2, 0.25) is 0 Å². The number of nitrogens with one attached hydrogen (secondary N) is 1. The summed E-state index contributed by atoms with van der Waals surface area (Å²) in [5.41, 5.74) is -1.07. The Kier molecular flexibility index (Phi) is 6.98. The highest BCUT2D eigenvalue weighted by Gasteiger charge is 2.41. The highest BCUT2D eigenvalue weighted by molar-refractivity contribution is 6.33. The smallest absolute Gasteiger partial charge is 0.436 e. The van der Waals surface area contributed by atoms with E-state index >= 15 is 0 Å². The summed E-state index contributed by atoms with van der Waals surface area (Å²) in [5, 5.41) is 5.43. The second-order valence-corrected chi connectivity index (χ2v) is 6.95. The maximum absolute atomic E-state index is 13.2. The maximum Gasteiger partial charge on any atom is 0.436 e. The normalized spacial score (nSPS) is 12.7. The fraction of sp³-hybridized carbons (Fsp3) is 0.474. The van der Waals surface area contributed by atoms with Crippen LogP contribution in [-0.4, -0.2) is 21.8 Å². The van der Waals surface area contributed by atoms with Crippen molar-refractivity contribution < 1.29 is 22.7 Å². The van der Waals surface area contributed by atoms with Gasteiger partial charge in [-0.2, -0.15) is 18.3 Å². The number of nitrogens with zero attached hydrogens (tertiary/aromatic N) is 2. The molecule has 0 saturated carbocycles. The molecule has 2 aromatic rings. The van der Waals surface area contributed by atoms with Gasteiger partial charge >= 0.3 is 6.18 Å². The number of aromatic nitrogens is 2. The number of aryl methyl sites for hydroxylation is 1. The molecule has 1 heterocycles. The Bertz CT molecular complexity index is 850. The molecule has 0 bridgehead atoms. The molecule has 1 N–H and O–H groups in total. The second kappa shape index (κ2) is 8.86. The summed E-state index contributed by atoms with van der Waals surface area (Å²) in [6.45, 7) is 5.77. The summed E-state index contributed by atoms with van der Waals surface area (Å²) in [5.74, 6) is -0.417. The van der Waals surface area contributed by atoms with Crippen LogP contribution in [-0.2, 0) is 13.2 Å². The molecule has 28 heavy (non-hydrogen) atoms. The molecule has 1 atom stereocenters. The molecule has 1 aromatic carbocycles. The third-order valence-corrected chi connectivity index (χ3v) is 4.73. The van der Waals surface area contributed by atoms with Crippen molar-refractivity contribution in [1.29, 1.82) is 0 Å². The van der Waals surface area contributed by atoms with E-state index in [-0.39, 0.29) is 11.3 Å². The number of anilines is 1. The lowest BCUT2D eigenvalue weighted by Crippen LogP contribution is -2.19. The molecule has 0 aliphatic heterocycles. The first kappa shape index (κ1) is 22.1. The highest BCUT2D eigenvalue weighted by Crippen LogP contribution is 2.35. The number of alkyl halides is 3. The van der Waals surface area contributed by atoms with Crippen molar-refractivity contribution in [3.63, 3.8) is 0 Å². The van der Waals surface area contributed by atoms with Crippen molar-refractivity contribution in [2.75, 3.05) is 5.32 Å². The lowest BCUT2D eigenvalue weighted by atomic mass is 10.1. The minimum Gasteiger partial charge on any atom is -0.490 e. The summed E-state index contributed by atoms with van der Waals surface area (Å²) >= 11 is 5.88. The number of amides is 1. The van der Waals surface area contributed by atoms with Crippen LogP contribution in [0.1, 0.15) is 54.7 Å². The van der Waals surface area contributed by atoms with Crippen LogP contribution in [0.15, 0.2) is 18.2 Å². The lowest BCUT2D eigenvalue weighted by molar-refractivity contribution is -0.141. The van der Waals surface area contributed by atoms with E-state index in [0.717, 1.165) is 23.9 Å². The zero-order chi connectivity index (χ0) is 21.1. The lowest BCUT2D eigenvalue weighted by Gasteiger charge is -2.18. The maximum atomic E-state index is 13.2. The molecule has 0 fully saturated rings. The number of benzene rings is 1. The first-order valence-corrected chi connectivity index (χ1v) is 9.31. The van der Waals surface area contributed by atoms with Gasteiger partial charge in [0.25, 0.3) is 5.91 Å². The van der Waals surface area contributed by atoms with Crippen molar-refractivity contribution >= 4 is 23.2 Å². The Morgan fingerprint density at radius 2 is 2.07 bits per heavy atom. The number of hydrogen-bond donors (Lipinski definition) is 1. The molecule has 0 radical (unpaired) electrons. The predicted molar refractivity (Wildman–Crippen MR) is 102 cm³/mol. The second-order valence-electron chi connectivity index (χ2n) is 6.59. The van der Waals surface area contributed by atoms with Gasteiger partial charge < -0.3 is 10.1 Å². The number of hydrogen-bond acceptors (Lipinski definition) is 3. The first-order chi connectivity index (χ1) is 13.1. The standard InChI is InChI=1S/C19H23ClF3N3O2/c1-5-6-8-11(2)28-14-10-7-9-13(12(14)3)24-18(27)15-16(19(21,22)23)25-26(4)17(15)20/h7,9-11H,5-6,8H2,1-4H3,(H,24,27). The molecule has 1 unspecified atom stereocenters. The molecule has 0 saturated heterocycles. The van der Waals surface area contributed by atoms with Gasteiger partial charge in [0.1, 0.15) is 16.5 Å². The van der Waals surface area contributed by atoms with Crippen molar-refractivity contribution in [3.05, 3.63) is 40.2 Å². The number of unbranched alkanes of at least 4 members (excludes halogenated alkanes) is 1. The molecular weight excluding hydrogens is 395 g/mol. The third kappa shape index (κ3) is 4.98. The van der Waals surface area contributed by atoms with Gasteiger partial charge in [0, 0.05) is 18.3 Å². The fourth-order valence-corrected chi connectivity index (χ4v) is 2.95. The van der Waals surface area contributed by atoms with E-state index in [9.17, 15) is 18.0 Å². The number of halogens is 4. The SMILES string of the molecule is CCCCC(C)Oc1cccc(NC(=O)c2c(C(F)(F)F)nn(C)c2Cl)c1C. The Hall–Kier alpha value is -2.22. The Morgan fingerprint density at radius 1 is 1.39 bits per heavy atom. The average Bonchev–Trinajstić information content (AvgIpc) is 2.92. The molecule has 2 rings (SSSR count). The number of rotatable bonds is 7. The Balaban J connectivity index is 2.28. The van der Waals surface area contributed by atoms with Gasteiger partial charge in [-0.25, -0.2) is 0 Å². The van der Waals surface area contributed by atoms with E-state index in [0.29, 0.717) is 17.0 Å². The number of ether oxygens (including phenoxy) is 1. The summed E-state index contributed by atoms with van der Waals surface area (Å²) in [6.07, 6.45) is -1.86. The average molecular weight is 418 g/mol. The van der Waals surface area contributed by atoms with Crippen LogP contribution < -0.4 is 10.1 Å². The molecule has 1 amide bonds. The molecule has 5 nitrogen and oxygen atoms in total. The summed E-state index contributed by atoms with van der Waals surface area (Å²) in [6, 6.07) is 5.01. The highest BCUT2D eigenvalue weighted by atomic mass is 35.5. The van der Waals surface area contributed by atoms with E-state index in [1.807, 2.05) is 6.92 Å². The molecule has 1 aromatic heterocycles. The van der Waals surface area contributed by atoms with Crippen molar-refractivity contribution in [2.45, 2.75) is 52.3 Å². The molecule has 0 spiro atoms. The van der Waals surface area contributed by atoms with Crippen LogP contribution in [0.5, 0.6) is 5.75 Å². The van der Waals surface area contributed by atoms with Gasteiger partial charge in [0.15, 0.2) is 5.69 Å². The monoisotopic (exact) mass is 417 g/mol. The van der Waals surface area contributed by atoms with E-state index in [1.165, 1.54) is 7.05 Å². The minimum atomic E-state index is -4.80. The van der Waals surface area contributed by atoms with Gasteiger partial charge in [-0.1, -0.05) is 37.4 Å². The zero-order valence-electron chi connectivity index (χ0n) is 16.2. The van der Waals surface area contributed by atoms with E-state index in [1.54, 1.807) is 25.1 Å². The fourth-order valence-electron chi connectivity index (χ4n) is 2.73. The molecular formula is C19H23ClF3N3O2. The van der Waals surface area contributed by atoms with Crippen LogP contribution in [0, 0.1) is 6.92 Å². The summed E-state index contributed by atoms with van der Waals surface area (Å²) < 4.78 is 46.3. The molecule has 0 aliphatic rings. The van der Waals surface area contributed by atoms with Crippen LogP contribution in [0.3, 0.4) is 0 Å². The predicted octanol–water partition coefficient (Wildman–Crippen LogP) is 5.61. The quantitative estimate of drug-likeness (QED) is 0.637. The van der Waals surface area contributed by atoms with Crippen molar-refractivity contribution in [3.8, 4) is 5.75 Å². The van der Waals surface area contributed by atoms with Gasteiger partial charge in [0.05, 0.1) is 6.10 Å². The molecule has 9 heteroatoms. The van der Waals surface area contributed by atoms with Gasteiger partial charge in [-0.05, 0) is 32.4 Å². The summed E-state index contributed by atoms with van der Waals surface area (Å²) in [7, 11) is 1.24.